The molecule has 1 saturated heterocycles. The quantitative estimate of drug-likeness (QED) is 0.257. The van der Waals surface area contributed by atoms with Gasteiger partial charge in [-0.3, -0.25) is 14.4 Å². The molecule has 1 aromatic rings. The molecule has 1 aliphatic rings. The molecule has 0 aromatic heterocycles. The Morgan fingerprint density at radius 3 is 2.39 bits per heavy atom. The van der Waals surface area contributed by atoms with Crippen molar-refractivity contribution in [2.75, 3.05) is 18.6 Å². The summed E-state index contributed by atoms with van der Waals surface area (Å²) in [5.41, 5.74) is 6.62. The van der Waals surface area contributed by atoms with E-state index in [0.29, 0.717) is 37.8 Å². The summed E-state index contributed by atoms with van der Waals surface area (Å²) in [6.07, 6.45) is 3.83. The summed E-state index contributed by atoms with van der Waals surface area (Å²) >= 11 is 1.58. The molecule has 1 heterocycles. The number of aromatic hydroxyl groups is 1. The van der Waals surface area contributed by atoms with Crippen LogP contribution in [0.25, 0.3) is 0 Å². The number of rotatable bonds is 13. The summed E-state index contributed by atoms with van der Waals surface area (Å²) in [5.74, 6) is -1.61. The van der Waals surface area contributed by atoms with Crippen molar-refractivity contribution in [3.05, 3.63) is 29.8 Å². The standard InChI is InChI=1S/C25H38N4O6S/c1-15(2)13-19(27-22(31)18(26)10-12-36-3)24(33)29-11-4-5-21(29)23(32)28-20(25(34)35)14-16-6-8-17(30)9-7-16/h6-9,15,18-21,30H,4-5,10-14,26H2,1-3H3,(H,27,31)(H,28,32)(H,34,35). The minimum absolute atomic E-state index is 0.0297. The van der Waals surface area contributed by atoms with Gasteiger partial charge in [-0.25, -0.2) is 4.79 Å². The van der Waals surface area contributed by atoms with E-state index in [-0.39, 0.29) is 24.0 Å². The zero-order chi connectivity index (χ0) is 26.8. The van der Waals surface area contributed by atoms with Crippen LogP contribution in [0.5, 0.6) is 5.75 Å². The predicted molar refractivity (Wildman–Crippen MR) is 138 cm³/mol. The fourth-order valence-electron chi connectivity index (χ4n) is 4.19. The molecule has 4 unspecified atom stereocenters. The Balaban J connectivity index is 2.11. The number of nitrogens with zero attached hydrogens (tertiary/aromatic N) is 1. The van der Waals surface area contributed by atoms with Crippen LogP contribution in [0.3, 0.4) is 0 Å². The number of nitrogens with two attached hydrogens (primary N) is 1. The lowest BCUT2D eigenvalue weighted by Gasteiger charge is -2.30. The van der Waals surface area contributed by atoms with Gasteiger partial charge in [0.25, 0.3) is 0 Å². The molecule has 10 nitrogen and oxygen atoms in total. The molecule has 36 heavy (non-hydrogen) atoms. The highest BCUT2D eigenvalue weighted by Gasteiger charge is 2.39. The summed E-state index contributed by atoms with van der Waals surface area (Å²) in [7, 11) is 0. The molecule has 0 saturated carbocycles. The van der Waals surface area contributed by atoms with E-state index >= 15 is 0 Å². The second-order valence-electron chi connectivity index (χ2n) is 9.54. The van der Waals surface area contributed by atoms with Crippen molar-refractivity contribution in [2.24, 2.45) is 11.7 Å². The minimum Gasteiger partial charge on any atom is -0.508 e. The van der Waals surface area contributed by atoms with Crippen LogP contribution in [0.1, 0.15) is 45.1 Å². The number of phenols is 1. The van der Waals surface area contributed by atoms with Gasteiger partial charge in [0.2, 0.25) is 17.7 Å². The number of carboxylic acid groups (broad SMARTS) is 1. The van der Waals surface area contributed by atoms with Crippen molar-refractivity contribution >= 4 is 35.5 Å². The molecule has 0 aliphatic carbocycles. The number of thioether (sulfide) groups is 1. The zero-order valence-electron chi connectivity index (χ0n) is 21.1. The van der Waals surface area contributed by atoms with E-state index in [1.54, 1.807) is 23.9 Å². The number of hydrogen-bond donors (Lipinski definition) is 5. The Morgan fingerprint density at radius 1 is 1.14 bits per heavy atom. The molecule has 1 fully saturated rings. The molecule has 2 rings (SSSR count). The lowest BCUT2D eigenvalue weighted by Crippen LogP contribution is -2.57. The van der Waals surface area contributed by atoms with Crippen LogP contribution in [-0.2, 0) is 25.6 Å². The van der Waals surface area contributed by atoms with E-state index in [0.717, 1.165) is 5.75 Å². The Bertz CT molecular complexity index is 910. The molecular formula is C25H38N4O6S. The van der Waals surface area contributed by atoms with Crippen LogP contribution in [-0.4, -0.2) is 81.5 Å². The number of benzene rings is 1. The lowest BCUT2D eigenvalue weighted by atomic mass is 10.0. The number of nitrogens with one attached hydrogen (secondary N) is 2. The van der Waals surface area contributed by atoms with Gasteiger partial charge in [0.1, 0.15) is 23.9 Å². The Hall–Kier alpha value is -2.79. The molecule has 11 heteroatoms. The van der Waals surface area contributed by atoms with Gasteiger partial charge in [-0.05, 0) is 61.3 Å². The molecule has 1 aliphatic heterocycles. The fraction of sp³-hybridized carbons (Fsp3) is 0.600. The molecule has 200 valence electrons. The first-order valence-electron chi connectivity index (χ1n) is 12.2. The number of amides is 3. The molecule has 6 N–H and O–H groups in total. The van der Waals surface area contributed by atoms with Crippen molar-refractivity contribution in [2.45, 2.75) is 70.1 Å². The van der Waals surface area contributed by atoms with Crippen LogP contribution >= 0.6 is 11.8 Å². The monoisotopic (exact) mass is 522 g/mol. The van der Waals surface area contributed by atoms with Crippen molar-refractivity contribution in [1.82, 2.24) is 15.5 Å². The van der Waals surface area contributed by atoms with Gasteiger partial charge >= 0.3 is 5.97 Å². The van der Waals surface area contributed by atoms with Crippen LogP contribution in [0, 0.1) is 5.92 Å². The molecule has 3 amide bonds. The fourth-order valence-corrected chi connectivity index (χ4v) is 4.68. The van der Waals surface area contributed by atoms with E-state index < -0.39 is 42.0 Å². The molecule has 1 aromatic carbocycles. The van der Waals surface area contributed by atoms with Gasteiger partial charge in [-0.2, -0.15) is 11.8 Å². The normalized spacial score (nSPS) is 17.9. The van der Waals surface area contributed by atoms with Crippen molar-refractivity contribution < 1.29 is 29.4 Å². The maximum Gasteiger partial charge on any atom is 0.326 e. The SMILES string of the molecule is CSCCC(N)C(=O)NC(CC(C)C)C(=O)N1CCCC1C(=O)NC(Cc1ccc(O)cc1)C(=O)O. The van der Waals surface area contributed by atoms with Crippen LogP contribution < -0.4 is 16.4 Å². The molecule has 0 bridgehead atoms. The van der Waals surface area contributed by atoms with E-state index in [9.17, 15) is 29.4 Å². The summed E-state index contributed by atoms with van der Waals surface area (Å²) < 4.78 is 0. The largest absolute Gasteiger partial charge is 0.508 e. The highest BCUT2D eigenvalue weighted by molar-refractivity contribution is 7.98. The van der Waals surface area contributed by atoms with Gasteiger partial charge in [-0.1, -0.05) is 26.0 Å². The van der Waals surface area contributed by atoms with Crippen LogP contribution in [0.15, 0.2) is 24.3 Å². The molecule has 4 atom stereocenters. The third-order valence-corrected chi connectivity index (χ3v) is 6.76. The number of aliphatic carboxylic acids is 1. The van der Waals surface area contributed by atoms with Crippen molar-refractivity contribution in [3.8, 4) is 5.75 Å². The van der Waals surface area contributed by atoms with E-state index in [1.807, 2.05) is 20.1 Å². The van der Waals surface area contributed by atoms with Gasteiger partial charge in [-0.15, -0.1) is 0 Å². The summed E-state index contributed by atoms with van der Waals surface area (Å²) in [6.45, 7) is 4.22. The lowest BCUT2D eigenvalue weighted by molar-refractivity contribution is -0.145. The average molecular weight is 523 g/mol. The van der Waals surface area contributed by atoms with Crippen molar-refractivity contribution in [3.63, 3.8) is 0 Å². The first-order valence-corrected chi connectivity index (χ1v) is 13.6. The first-order chi connectivity index (χ1) is 17.0. The summed E-state index contributed by atoms with van der Waals surface area (Å²) in [6, 6.07) is 2.51. The molecular weight excluding hydrogens is 484 g/mol. The maximum atomic E-state index is 13.5. The Kier molecular flexibility index (Phi) is 11.5. The number of carboxylic acids is 1. The second kappa shape index (κ2) is 14.1. The summed E-state index contributed by atoms with van der Waals surface area (Å²) in [5, 5.41) is 24.4. The topological polar surface area (TPSA) is 162 Å². The van der Waals surface area contributed by atoms with E-state index in [4.69, 9.17) is 5.73 Å². The Morgan fingerprint density at radius 2 is 1.81 bits per heavy atom. The van der Waals surface area contributed by atoms with Gasteiger partial charge in [0.15, 0.2) is 0 Å². The third kappa shape index (κ3) is 8.70. The van der Waals surface area contributed by atoms with E-state index in [1.165, 1.54) is 17.0 Å². The number of likely N-dealkylation sites (tertiary alicyclic amines) is 1. The van der Waals surface area contributed by atoms with E-state index in [2.05, 4.69) is 10.6 Å². The molecule has 0 radical (unpaired) electrons. The highest BCUT2D eigenvalue weighted by Crippen LogP contribution is 2.21. The second-order valence-corrected chi connectivity index (χ2v) is 10.5. The highest BCUT2D eigenvalue weighted by atomic mass is 32.2. The smallest absolute Gasteiger partial charge is 0.326 e. The van der Waals surface area contributed by atoms with Gasteiger partial charge in [0.05, 0.1) is 6.04 Å². The number of hydrogen-bond acceptors (Lipinski definition) is 7. The Labute approximate surface area is 216 Å². The van der Waals surface area contributed by atoms with Gasteiger partial charge < -0.3 is 31.5 Å². The van der Waals surface area contributed by atoms with Crippen molar-refractivity contribution in [1.29, 1.82) is 0 Å². The number of carbonyl (C=O) groups excluding carboxylic acids is 3. The number of carbonyl (C=O) groups is 4. The zero-order valence-corrected chi connectivity index (χ0v) is 21.9. The van der Waals surface area contributed by atoms with Crippen LogP contribution in [0.2, 0.25) is 0 Å². The summed E-state index contributed by atoms with van der Waals surface area (Å²) in [4.78, 5) is 52.4. The predicted octanol–water partition coefficient (Wildman–Crippen LogP) is 1.11. The van der Waals surface area contributed by atoms with Crippen LogP contribution in [0.4, 0.5) is 0 Å². The minimum atomic E-state index is -1.20. The average Bonchev–Trinajstić information content (AvgIpc) is 3.32. The molecule has 0 spiro atoms. The first kappa shape index (κ1) is 29.4. The van der Waals surface area contributed by atoms with Gasteiger partial charge in [0, 0.05) is 13.0 Å². The maximum absolute atomic E-state index is 13.5. The number of phenolic OH excluding ortho intramolecular Hbond substituents is 1. The third-order valence-electron chi connectivity index (χ3n) is 6.12.